The van der Waals surface area contributed by atoms with Gasteiger partial charge in [0.15, 0.2) is 11.5 Å². The molecule has 0 atom stereocenters. The van der Waals surface area contributed by atoms with Crippen molar-refractivity contribution in [1.29, 1.82) is 0 Å². The van der Waals surface area contributed by atoms with E-state index in [2.05, 4.69) is 5.32 Å². The monoisotopic (exact) mass is 223 g/mol. The molecular weight excluding hydrogens is 206 g/mol. The largest absolute Gasteiger partial charge is 0.502 e. The van der Waals surface area contributed by atoms with Crippen LogP contribution in [0, 0.1) is 0 Å². The molecule has 0 bridgehead atoms. The fraction of sp³-hybridized carbons (Fsp3) is 0.500. The third-order valence-electron chi connectivity index (χ3n) is 2.71. The Bertz CT molecular complexity index is 350. The first-order chi connectivity index (χ1) is 7.74. The van der Waals surface area contributed by atoms with Gasteiger partial charge in [-0.3, -0.25) is 0 Å². The lowest BCUT2D eigenvalue weighted by molar-refractivity contribution is 0.339. The lowest BCUT2D eigenvalue weighted by Gasteiger charge is -2.11. The average Bonchev–Trinajstić information content (AvgIpc) is 3.11. The second-order valence-corrected chi connectivity index (χ2v) is 4.00. The number of nitrogens with one attached hydrogen (secondary N) is 1. The van der Waals surface area contributed by atoms with Crippen LogP contribution in [0.2, 0.25) is 0 Å². The maximum Gasteiger partial charge on any atom is 0.200 e. The molecule has 88 valence electrons. The van der Waals surface area contributed by atoms with Gasteiger partial charge >= 0.3 is 0 Å². The third kappa shape index (κ3) is 2.39. The molecule has 1 saturated carbocycles. The number of rotatable bonds is 5. The molecule has 1 aliphatic rings. The molecule has 1 aromatic rings. The summed E-state index contributed by atoms with van der Waals surface area (Å²) in [5, 5.41) is 13.1. The van der Waals surface area contributed by atoms with Gasteiger partial charge in [-0.2, -0.15) is 0 Å². The maximum atomic E-state index is 9.73. The van der Waals surface area contributed by atoms with Crippen molar-refractivity contribution in [3.05, 3.63) is 17.7 Å². The Hall–Kier alpha value is -1.42. The van der Waals surface area contributed by atoms with E-state index in [9.17, 15) is 5.11 Å². The zero-order chi connectivity index (χ0) is 11.5. The van der Waals surface area contributed by atoms with Gasteiger partial charge in [0.25, 0.3) is 0 Å². The van der Waals surface area contributed by atoms with Crippen molar-refractivity contribution in [3.8, 4) is 17.2 Å². The second kappa shape index (κ2) is 4.61. The zero-order valence-electron chi connectivity index (χ0n) is 9.62. The molecule has 1 fully saturated rings. The average molecular weight is 223 g/mol. The van der Waals surface area contributed by atoms with E-state index in [-0.39, 0.29) is 5.75 Å². The summed E-state index contributed by atoms with van der Waals surface area (Å²) in [6, 6.07) is 4.31. The summed E-state index contributed by atoms with van der Waals surface area (Å²) in [5.74, 6) is 0.957. The first-order valence-electron chi connectivity index (χ1n) is 5.42. The van der Waals surface area contributed by atoms with E-state index in [0.717, 1.165) is 12.1 Å². The molecule has 4 nitrogen and oxygen atoms in total. The van der Waals surface area contributed by atoms with Crippen LogP contribution in [-0.4, -0.2) is 25.4 Å². The van der Waals surface area contributed by atoms with Crippen LogP contribution in [0.4, 0.5) is 0 Å². The van der Waals surface area contributed by atoms with Crippen molar-refractivity contribution in [2.75, 3.05) is 14.2 Å². The zero-order valence-corrected chi connectivity index (χ0v) is 9.62. The minimum Gasteiger partial charge on any atom is -0.502 e. The van der Waals surface area contributed by atoms with E-state index < -0.39 is 0 Å². The number of benzene rings is 1. The SMILES string of the molecule is COc1cc(CNC2CC2)cc(OC)c1O. The van der Waals surface area contributed by atoms with Gasteiger partial charge in [0.1, 0.15) is 0 Å². The van der Waals surface area contributed by atoms with E-state index in [1.54, 1.807) is 0 Å². The van der Waals surface area contributed by atoms with E-state index in [1.165, 1.54) is 27.1 Å². The highest BCUT2D eigenvalue weighted by molar-refractivity contribution is 5.52. The molecule has 0 aromatic heterocycles. The van der Waals surface area contributed by atoms with E-state index in [4.69, 9.17) is 9.47 Å². The Morgan fingerprint density at radius 1 is 1.25 bits per heavy atom. The van der Waals surface area contributed by atoms with Crippen LogP contribution < -0.4 is 14.8 Å². The van der Waals surface area contributed by atoms with Gasteiger partial charge in [-0.15, -0.1) is 0 Å². The molecule has 0 radical (unpaired) electrons. The minimum atomic E-state index is 0.0557. The highest BCUT2D eigenvalue weighted by atomic mass is 16.5. The maximum absolute atomic E-state index is 9.73. The van der Waals surface area contributed by atoms with E-state index >= 15 is 0 Å². The van der Waals surface area contributed by atoms with Crippen molar-refractivity contribution < 1.29 is 14.6 Å². The van der Waals surface area contributed by atoms with Crippen LogP contribution in [0.3, 0.4) is 0 Å². The highest BCUT2D eigenvalue weighted by Gasteiger charge is 2.20. The van der Waals surface area contributed by atoms with Gasteiger partial charge in [0.2, 0.25) is 5.75 Å². The molecule has 1 aromatic carbocycles. The van der Waals surface area contributed by atoms with Crippen LogP contribution in [-0.2, 0) is 6.54 Å². The number of phenolic OH excluding ortho intramolecular Hbond substituents is 1. The van der Waals surface area contributed by atoms with Crippen LogP contribution >= 0.6 is 0 Å². The normalized spacial score (nSPS) is 14.9. The lowest BCUT2D eigenvalue weighted by atomic mass is 10.2. The van der Waals surface area contributed by atoms with Crippen LogP contribution in [0.15, 0.2) is 12.1 Å². The van der Waals surface area contributed by atoms with Crippen molar-refractivity contribution in [2.24, 2.45) is 0 Å². The number of aromatic hydroxyl groups is 1. The number of hydrogen-bond acceptors (Lipinski definition) is 4. The van der Waals surface area contributed by atoms with Gasteiger partial charge in [-0.05, 0) is 30.5 Å². The van der Waals surface area contributed by atoms with Crippen molar-refractivity contribution in [3.63, 3.8) is 0 Å². The number of phenols is 1. The molecule has 0 heterocycles. The van der Waals surface area contributed by atoms with Crippen molar-refractivity contribution >= 4 is 0 Å². The topological polar surface area (TPSA) is 50.7 Å². The second-order valence-electron chi connectivity index (χ2n) is 4.00. The Balaban J connectivity index is 2.16. The number of hydrogen-bond donors (Lipinski definition) is 2. The Kier molecular flexibility index (Phi) is 3.19. The van der Waals surface area contributed by atoms with E-state index in [0.29, 0.717) is 17.5 Å². The Morgan fingerprint density at radius 3 is 2.25 bits per heavy atom. The summed E-state index contributed by atoms with van der Waals surface area (Å²) in [6.45, 7) is 0.775. The minimum absolute atomic E-state index is 0.0557. The van der Waals surface area contributed by atoms with Crippen molar-refractivity contribution in [2.45, 2.75) is 25.4 Å². The standard InChI is InChI=1S/C12H17NO3/c1-15-10-5-8(7-13-9-3-4-9)6-11(16-2)12(10)14/h5-6,9,13-14H,3-4,7H2,1-2H3. The molecule has 0 spiro atoms. The van der Waals surface area contributed by atoms with Gasteiger partial charge in [-0.25, -0.2) is 0 Å². The third-order valence-corrected chi connectivity index (χ3v) is 2.71. The van der Waals surface area contributed by atoms with Crippen molar-refractivity contribution in [1.82, 2.24) is 5.32 Å². The van der Waals surface area contributed by atoms with Gasteiger partial charge in [-0.1, -0.05) is 0 Å². The van der Waals surface area contributed by atoms with Crippen LogP contribution in [0.25, 0.3) is 0 Å². The quantitative estimate of drug-likeness (QED) is 0.797. The molecule has 16 heavy (non-hydrogen) atoms. The molecule has 4 heteroatoms. The predicted molar refractivity (Wildman–Crippen MR) is 61.1 cm³/mol. The Morgan fingerprint density at radius 2 is 1.81 bits per heavy atom. The van der Waals surface area contributed by atoms with Gasteiger partial charge in [0, 0.05) is 12.6 Å². The lowest BCUT2D eigenvalue weighted by Crippen LogP contribution is -2.15. The van der Waals surface area contributed by atoms with Crippen LogP contribution in [0.1, 0.15) is 18.4 Å². The van der Waals surface area contributed by atoms with Crippen LogP contribution in [0.5, 0.6) is 17.2 Å². The molecule has 0 saturated heterocycles. The molecule has 0 amide bonds. The number of methoxy groups -OCH3 is 2. The summed E-state index contributed by atoms with van der Waals surface area (Å²) in [7, 11) is 3.07. The Labute approximate surface area is 95.2 Å². The summed E-state index contributed by atoms with van der Waals surface area (Å²) < 4.78 is 10.2. The first-order valence-corrected chi connectivity index (χ1v) is 5.42. The highest BCUT2D eigenvalue weighted by Crippen LogP contribution is 2.37. The van der Waals surface area contributed by atoms with Gasteiger partial charge < -0.3 is 19.9 Å². The fourth-order valence-electron chi connectivity index (χ4n) is 1.60. The molecular formula is C12H17NO3. The predicted octanol–water partition coefficient (Wildman–Crippen LogP) is 1.66. The first kappa shape index (κ1) is 11.1. The van der Waals surface area contributed by atoms with E-state index in [1.807, 2.05) is 12.1 Å². The molecule has 0 aliphatic heterocycles. The summed E-state index contributed by atoms with van der Waals surface area (Å²) in [5.41, 5.74) is 1.05. The summed E-state index contributed by atoms with van der Waals surface area (Å²) in [4.78, 5) is 0. The summed E-state index contributed by atoms with van der Waals surface area (Å²) >= 11 is 0. The smallest absolute Gasteiger partial charge is 0.200 e. The molecule has 1 aliphatic carbocycles. The molecule has 2 N–H and O–H groups in total. The molecule has 2 rings (SSSR count). The molecule has 0 unspecified atom stereocenters. The summed E-state index contributed by atoms with van der Waals surface area (Å²) in [6.07, 6.45) is 2.51. The fourth-order valence-corrected chi connectivity index (χ4v) is 1.60. The number of ether oxygens (including phenoxy) is 2. The van der Waals surface area contributed by atoms with Gasteiger partial charge in [0.05, 0.1) is 14.2 Å².